The third-order valence-electron chi connectivity index (χ3n) is 3.91. The molecule has 0 unspecified atom stereocenters. The van der Waals surface area contributed by atoms with Gasteiger partial charge in [0.15, 0.2) is 11.6 Å². The van der Waals surface area contributed by atoms with Crippen LogP contribution < -0.4 is 10.3 Å². The smallest absolute Gasteiger partial charge is 0.281 e. The molecule has 0 aliphatic rings. The van der Waals surface area contributed by atoms with E-state index in [1.54, 1.807) is 0 Å². The first-order valence-electron chi connectivity index (χ1n) is 7.90. The fraction of sp³-hybridized carbons (Fsp3) is 0. The van der Waals surface area contributed by atoms with Crippen molar-refractivity contribution in [2.24, 2.45) is 0 Å². The second kappa shape index (κ2) is 6.97. The number of hydrogen-bond donors (Lipinski definition) is 0. The normalized spacial score (nSPS) is 11.0. The Morgan fingerprint density at radius 1 is 0.964 bits per heavy atom. The highest BCUT2D eigenvalue weighted by molar-refractivity contribution is 6.33. The Morgan fingerprint density at radius 2 is 1.79 bits per heavy atom. The van der Waals surface area contributed by atoms with Crippen LogP contribution in [-0.2, 0) is 0 Å². The number of ether oxygens (including phenoxy) is 1. The van der Waals surface area contributed by atoms with E-state index < -0.39 is 23.0 Å². The maximum atomic E-state index is 14.3. The van der Waals surface area contributed by atoms with Gasteiger partial charge in [0.1, 0.15) is 18.0 Å². The Balaban J connectivity index is 1.84. The molecule has 0 aliphatic heterocycles. The van der Waals surface area contributed by atoms with Gasteiger partial charge >= 0.3 is 0 Å². The number of fused-ring (bicyclic) bond motifs is 1. The van der Waals surface area contributed by atoms with Crippen LogP contribution >= 0.6 is 11.6 Å². The Morgan fingerprint density at radius 3 is 2.54 bits per heavy atom. The molecule has 0 atom stereocenters. The molecule has 0 bridgehead atoms. The van der Waals surface area contributed by atoms with Crippen LogP contribution in [0.25, 0.3) is 16.6 Å². The lowest BCUT2D eigenvalue weighted by atomic mass is 10.1. The largest absolute Gasteiger partial charge is 0.434 e. The van der Waals surface area contributed by atoms with E-state index in [0.717, 1.165) is 18.5 Å². The summed E-state index contributed by atoms with van der Waals surface area (Å²) in [6, 6.07) is 9.66. The van der Waals surface area contributed by atoms with Gasteiger partial charge in [-0.1, -0.05) is 17.7 Å². The molecule has 0 fully saturated rings. The molecular formula is C19H9ClF3N3O2. The summed E-state index contributed by atoms with van der Waals surface area (Å²) < 4.78 is 47.6. The lowest BCUT2D eigenvalue weighted by Crippen LogP contribution is -2.14. The molecule has 0 N–H and O–H groups in total. The van der Waals surface area contributed by atoms with Crippen molar-refractivity contribution in [3.8, 4) is 22.8 Å². The second-order valence-electron chi connectivity index (χ2n) is 5.70. The molecule has 0 aliphatic carbocycles. The Kier molecular flexibility index (Phi) is 4.48. The zero-order valence-corrected chi connectivity index (χ0v) is 14.6. The van der Waals surface area contributed by atoms with Gasteiger partial charge in [0.25, 0.3) is 5.56 Å². The summed E-state index contributed by atoms with van der Waals surface area (Å²) in [6.45, 7) is 0. The van der Waals surface area contributed by atoms with Crippen LogP contribution in [0.4, 0.5) is 13.2 Å². The number of halogens is 4. The van der Waals surface area contributed by atoms with Gasteiger partial charge in [-0.2, -0.15) is 4.98 Å². The molecule has 0 saturated heterocycles. The molecule has 0 saturated carbocycles. The highest BCUT2D eigenvalue weighted by atomic mass is 35.5. The maximum Gasteiger partial charge on any atom is 0.281 e. The summed E-state index contributed by atoms with van der Waals surface area (Å²) in [7, 11) is 0. The number of aromatic nitrogens is 3. The van der Waals surface area contributed by atoms with Gasteiger partial charge in [0.2, 0.25) is 5.88 Å². The first-order valence-corrected chi connectivity index (χ1v) is 8.28. The quantitative estimate of drug-likeness (QED) is 0.501. The van der Waals surface area contributed by atoms with Crippen molar-refractivity contribution in [2.75, 3.05) is 0 Å². The minimum atomic E-state index is -0.904. The number of hydrogen-bond acceptors (Lipinski definition) is 4. The second-order valence-corrected chi connectivity index (χ2v) is 6.11. The monoisotopic (exact) mass is 403 g/mol. The van der Waals surface area contributed by atoms with Gasteiger partial charge in [-0.3, -0.25) is 4.79 Å². The zero-order chi connectivity index (χ0) is 19.8. The minimum Gasteiger partial charge on any atom is -0.434 e. The molecule has 9 heteroatoms. The molecule has 2 aromatic carbocycles. The zero-order valence-electron chi connectivity index (χ0n) is 13.9. The van der Waals surface area contributed by atoms with E-state index in [2.05, 4.69) is 10.1 Å². The fourth-order valence-electron chi connectivity index (χ4n) is 2.68. The van der Waals surface area contributed by atoms with Crippen molar-refractivity contribution < 1.29 is 17.9 Å². The van der Waals surface area contributed by atoms with Crippen LogP contribution in [0.5, 0.6) is 11.6 Å². The first kappa shape index (κ1) is 18.0. The predicted octanol–water partition coefficient (Wildman–Crippen LogP) is 4.62. The van der Waals surface area contributed by atoms with Crippen molar-refractivity contribution in [2.45, 2.75) is 0 Å². The molecular weight excluding hydrogens is 395 g/mol. The van der Waals surface area contributed by atoms with E-state index in [4.69, 9.17) is 16.3 Å². The van der Waals surface area contributed by atoms with E-state index in [1.165, 1.54) is 34.8 Å². The van der Waals surface area contributed by atoms with Crippen LogP contribution in [0.15, 0.2) is 59.7 Å². The minimum absolute atomic E-state index is 0.0423. The third-order valence-corrected chi connectivity index (χ3v) is 4.23. The Labute approximate surface area is 160 Å². The van der Waals surface area contributed by atoms with Gasteiger partial charge in [-0.05, 0) is 30.3 Å². The molecule has 0 spiro atoms. The highest BCUT2D eigenvalue weighted by Crippen LogP contribution is 2.31. The highest BCUT2D eigenvalue weighted by Gasteiger charge is 2.18. The fourth-order valence-corrected chi connectivity index (χ4v) is 2.94. The van der Waals surface area contributed by atoms with Gasteiger partial charge in [-0.15, -0.1) is 5.10 Å². The lowest BCUT2D eigenvalue weighted by molar-refractivity contribution is 0.416. The molecule has 2 heterocycles. The van der Waals surface area contributed by atoms with Crippen molar-refractivity contribution in [3.05, 3.63) is 87.7 Å². The molecule has 2 aromatic heterocycles. The molecule has 140 valence electrons. The summed E-state index contributed by atoms with van der Waals surface area (Å²) in [6.07, 6.45) is 1.11. The van der Waals surface area contributed by atoms with E-state index in [9.17, 15) is 18.0 Å². The first-order chi connectivity index (χ1) is 13.4. The summed E-state index contributed by atoms with van der Waals surface area (Å²) >= 11 is 6.07. The average Bonchev–Trinajstić information content (AvgIpc) is 2.65. The van der Waals surface area contributed by atoms with Crippen molar-refractivity contribution in [1.82, 2.24) is 14.6 Å². The van der Waals surface area contributed by atoms with Gasteiger partial charge < -0.3 is 4.74 Å². The third kappa shape index (κ3) is 3.18. The van der Waals surface area contributed by atoms with Crippen molar-refractivity contribution in [3.63, 3.8) is 0 Å². The van der Waals surface area contributed by atoms with Crippen LogP contribution in [-0.4, -0.2) is 14.6 Å². The van der Waals surface area contributed by atoms with Crippen LogP contribution in [0.2, 0.25) is 5.02 Å². The summed E-state index contributed by atoms with van der Waals surface area (Å²) in [5.41, 5.74) is -0.636. The predicted molar refractivity (Wildman–Crippen MR) is 96.1 cm³/mol. The molecule has 0 radical (unpaired) electrons. The summed E-state index contributed by atoms with van der Waals surface area (Å²) in [5.74, 6) is -2.62. The maximum absolute atomic E-state index is 14.3. The molecule has 4 rings (SSSR count). The topological polar surface area (TPSA) is 56.5 Å². The standard InChI is InChI=1S/C19H9ClF3N3O2/c20-11-2-1-3-12(22)17(11)18-14-5-7-16(25-26(14)9-24-19(18)27)28-15-6-4-10(21)8-13(15)23/h1-9H. The number of benzene rings is 2. The Bertz CT molecular complexity index is 1260. The van der Waals surface area contributed by atoms with Crippen LogP contribution in [0.1, 0.15) is 0 Å². The van der Waals surface area contributed by atoms with E-state index >= 15 is 0 Å². The molecule has 0 amide bonds. The van der Waals surface area contributed by atoms with Gasteiger partial charge in [0.05, 0.1) is 16.1 Å². The number of nitrogens with zero attached hydrogens (tertiary/aromatic N) is 3. The Hall–Kier alpha value is -3.39. The van der Waals surface area contributed by atoms with Gasteiger partial charge in [0, 0.05) is 17.7 Å². The lowest BCUT2D eigenvalue weighted by Gasteiger charge is -2.11. The van der Waals surface area contributed by atoms with Gasteiger partial charge in [-0.25, -0.2) is 17.7 Å². The van der Waals surface area contributed by atoms with Crippen molar-refractivity contribution >= 4 is 17.1 Å². The summed E-state index contributed by atoms with van der Waals surface area (Å²) in [4.78, 5) is 16.0. The van der Waals surface area contributed by atoms with Crippen LogP contribution in [0.3, 0.4) is 0 Å². The number of rotatable bonds is 3. The molecule has 4 aromatic rings. The summed E-state index contributed by atoms with van der Waals surface area (Å²) in [5, 5.41) is 4.13. The molecule has 5 nitrogen and oxygen atoms in total. The SMILES string of the molecule is O=c1ncn2nc(Oc3ccc(F)cc3F)ccc2c1-c1c(F)cccc1Cl. The van der Waals surface area contributed by atoms with E-state index in [1.807, 2.05) is 0 Å². The van der Waals surface area contributed by atoms with Crippen LogP contribution in [0, 0.1) is 17.5 Å². The van der Waals surface area contributed by atoms with E-state index in [-0.39, 0.29) is 33.3 Å². The average molecular weight is 404 g/mol. The van der Waals surface area contributed by atoms with Crippen molar-refractivity contribution in [1.29, 1.82) is 0 Å². The molecule has 28 heavy (non-hydrogen) atoms. The van der Waals surface area contributed by atoms with E-state index in [0.29, 0.717) is 6.07 Å².